The standard InChI is InChI=1S/C4H5N2OS/c7-2-1-4-6-5-3-8-4/h7H,1-2H2. The van der Waals surface area contributed by atoms with Crippen LogP contribution in [0, 0.1) is 5.51 Å². The van der Waals surface area contributed by atoms with Gasteiger partial charge in [-0.3, -0.25) is 0 Å². The van der Waals surface area contributed by atoms with Crippen LogP contribution in [0.25, 0.3) is 0 Å². The summed E-state index contributed by atoms with van der Waals surface area (Å²) in [4.78, 5) is 0. The fourth-order valence-electron chi connectivity index (χ4n) is 0.366. The molecule has 0 saturated carbocycles. The Hall–Kier alpha value is -0.480. The largest absolute Gasteiger partial charge is 0.396 e. The van der Waals surface area contributed by atoms with Crippen molar-refractivity contribution in [3.8, 4) is 0 Å². The maximum Gasteiger partial charge on any atom is 0.178 e. The van der Waals surface area contributed by atoms with Gasteiger partial charge in [0.1, 0.15) is 5.01 Å². The zero-order valence-corrected chi connectivity index (χ0v) is 4.98. The molecule has 1 aromatic heterocycles. The van der Waals surface area contributed by atoms with Gasteiger partial charge in [-0.25, -0.2) is 0 Å². The van der Waals surface area contributed by atoms with Crippen molar-refractivity contribution < 1.29 is 5.11 Å². The van der Waals surface area contributed by atoms with Crippen LogP contribution in [0.4, 0.5) is 0 Å². The molecule has 0 aliphatic rings. The van der Waals surface area contributed by atoms with E-state index in [1.54, 1.807) is 0 Å². The van der Waals surface area contributed by atoms with Gasteiger partial charge in [0.05, 0.1) is 0 Å². The normalized spacial score (nSPS) is 9.62. The average molecular weight is 129 g/mol. The Labute approximate surface area is 51.0 Å². The Balaban J connectivity index is 2.50. The van der Waals surface area contributed by atoms with E-state index >= 15 is 0 Å². The Bertz CT molecular complexity index is 140. The van der Waals surface area contributed by atoms with Gasteiger partial charge in [0.15, 0.2) is 5.51 Å². The van der Waals surface area contributed by atoms with Gasteiger partial charge in [-0.2, -0.15) is 0 Å². The monoisotopic (exact) mass is 129 g/mol. The highest BCUT2D eigenvalue weighted by Gasteiger charge is 1.92. The molecule has 43 valence electrons. The lowest BCUT2D eigenvalue weighted by Crippen LogP contribution is -1.88. The summed E-state index contributed by atoms with van der Waals surface area (Å²) in [6.45, 7) is 0.142. The fourth-order valence-corrected chi connectivity index (χ4v) is 0.828. The van der Waals surface area contributed by atoms with E-state index in [0.29, 0.717) is 6.42 Å². The van der Waals surface area contributed by atoms with E-state index in [-0.39, 0.29) is 6.61 Å². The molecule has 0 fully saturated rings. The van der Waals surface area contributed by atoms with E-state index < -0.39 is 0 Å². The quantitative estimate of drug-likeness (QED) is 0.605. The number of hydrogen-bond donors (Lipinski definition) is 1. The number of aliphatic hydroxyl groups excluding tert-OH is 1. The third kappa shape index (κ3) is 1.24. The molecule has 1 radical (unpaired) electrons. The molecule has 0 spiro atoms. The summed E-state index contributed by atoms with van der Waals surface area (Å²) in [5, 5.41) is 16.3. The van der Waals surface area contributed by atoms with E-state index in [1.807, 2.05) is 0 Å². The summed E-state index contributed by atoms with van der Waals surface area (Å²) in [5.41, 5.74) is 2.58. The number of nitrogens with zero attached hydrogens (tertiary/aromatic N) is 2. The van der Waals surface area contributed by atoms with Gasteiger partial charge in [0.2, 0.25) is 0 Å². The van der Waals surface area contributed by atoms with Gasteiger partial charge in [-0.15, -0.1) is 10.2 Å². The Kier molecular flexibility index (Phi) is 1.93. The number of hydrogen-bond acceptors (Lipinski definition) is 4. The van der Waals surface area contributed by atoms with Gasteiger partial charge in [0.25, 0.3) is 0 Å². The Morgan fingerprint density at radius 3 is 3.12 bits per heavy atom. The van der Waals surface area contributed by atoms with Crippen molar-refractivity contribution in [2.75, 3.05) is 6.61 Å². The molecule has 1 aromatic rings. The predicted molar refractivity (Wildman–Crippen MR) is 29.5 cm³/mol. The van der Waals surface area contributed by atoms with E-state index in [2.05, 4.69) is 15.7 Å². The minimum absolute atomic E-state index is 0.142. The molecule has 0 aliphatic carbocycles. The number of rotatable bonds is 2. The first-order valence-electron chi connectivity index (χ1n) is 2.23. The SMILES string of the molecule is OCCc1nn[c]s1. The van der Waals surface area contributed by atoms with E-state index in [4.69, 9.17) is 5.11 Å². The molecule has 0 amide bonds. The number of aromatic nitrogens is 2. The smallest absolute Gasteiger partial charge is 0.178 e. The molecule has 8 heavy (non-hydrogen) atoms. The highest BCUT2D eigenvalue weighted by atomic mass is 32.1. The molecule has 1 rings (SSSR count). The molecule has 0 atom stereocenters. The molecule has 0 aliphatic heterocycles. The van der Waals surface area contributed by atoms with E-state index in [0.717, 1.165) is 5.01 Å². The van der Waals surface area contributed by atoms with Gasteiger partial charge < -0.3 is 5.11 Å². The van der Waals surface area contributed by atoms with Crippen molar-refractivity contribution in [3.63, 3.8) is 0 Å². The van der Waals surface area contributed by atoms with Crippen LogP contribution in [0.2, 0.25) is 0 Å². The zero-order valence-electron chi connectivity index (χ0n) is 4.16. The molecular formula is C4H5N2OS. The molecule has 1 heterocycles. The van der Waals surface area contributed by atoms with Gasteiger partial charge >= 0.3 is 0 Å². The second kappa shape index (κ2) is 2.74. The van der Waals surface area contributed by atoms with Crippen LogP contribution in [-0.2, 0) is 6.42 Å². The molecule has 0 unspecified atom stereocenters. The minimum Gasteiger partial charge on any atom is -0.396 e. The summed E-state index contributed by atoms with van der Waals surface area (Å²) in [6.07, 6.45) is 0.598. The van der Waals surface area contributed by atoms with Crippen molar-refractivity contribution in [2.24, 2.45) is 0 Å². The van der Waals surface area contributed by atoms with Crippen molar-refractivity contribution >= 4 is 11.3 Å². The van der Waals surface area contributed by atoms with Crippen LogP contribution in [0.3, 0.4) is 0 Å². The summed E-state index contributed by atoms with van der Waals surface area (Å²) < 4.78 is 0. The van der Waals surface area contributed by atoms with Crippen LogP contribution in [0.5, 0.6) is 0 Å². The van der Waals surface area contributed by atoms with Crippen molar-refractivity contribution in [3.05, 3.63) is 10.5 Å². The second-order valence-corrected chi connectivity index (χ2v) is 2.12. The summed E-state index contributed by atoms with van der Waals surface area (Å²) in [5.74, 6) is 0. The predicted octanol–water partition coefficient (Wildman–Crippen LogP) is -0.127. The lowest BCUT2D eigenvalue weighted by atomic mass is 10.5. The molecule has 0 bridgehead atoms. The number of aliphatic hydroxyl groups is 1. The van der Waals surface area contributed by atoms with Crippen molar-refractivity contribution in [1.29, 1.82) is 0 Å². The second-order valence-electron chi connectivity index (χ2n) is 1.26. The molecular weight excluding hydrogens is 124 g/mol. The molecule has 4 heteroatoms. The highest BCUT2D eigenvalue weighted by molar-refractivity contribution is 7.08. The molecule has 3 nitrogen and oxygen atoms in total. The van der Waals surface area contributed by atoms with Crippen LogP contribution < -0.4 is 0 Å². The maximum absolute atomic E-state index is 8.36. The topological polar surface area (TPSA) is 46.0 Å². The van der Waals surface area contributed by atoms with E-state index in [1.165, 1.54) is 11.3 Å². The summed E-state index contributed by atoms with van der Waals surface area (Å²) in [7, 11) is 0. The van der Waals surface area contributed by atoms with Crippen LogP contribution >= 0.6 is 11.3 Å². The summed E-state index contributed by atoms with van der Waals surface area (Å²) in [6, 6.07) is 0. The van der Waals surface area contributed by atoms with Crippen LogP contribution in [0.1, 0.15) is 5.01 Å². The van der Waals surface area contributed by atoms with Crippen LogP contribution in [-0.4, -0.2) is 21.9 Å². The highest BCUT2D eigenvalue weighted by Crippen LogP contribution is 1.99. The van der Waals surface area contributed by atoms with E-state index in [9.17, 15) is 0 Å². The fraction of sp³-hybridized carbons (Fsp3) is 0.500. The first-order valence-corrected chi connectivity index (χ1v) is 3.04. The van der Waals surface area contributed by atoms with Crippen molar-refractivity contribution in [1.82, 2.24) is 10.2 Å². The van der Waals surface area contributed by atoms with Gasteiger partial charge in [-0.05, 0) is 0 Å². The van der Waals surface area contributed by atoms with Gasteiger partial charge in [0, 0.05) is 13.0 Å². The van der Waals surface area contributed by atoms with Gasteiger partial charge in [-0.1, -0.05) is 11.3 Å². The Morgan fingerprint density at radius 1 is 1.75 bits per heavy atom. The first kappa shape index (κ1) is 5.65. The van der Waals surface area contributed by atoms with Crippen molar-refractivity contribution in [2.45, 2.75) is 6.42 Å². The molecule has 0 aromatic carbocycles. The first-order chi connectivity index (χ1) is 3.93. The summed E-state index contributed by atoms with van der Waals surface area (Å²) >= 11 is 1.34. The maximum atomic E-state index is 8.36. The lowest BCUT2D eigenvalue weighted by molar-refractivity contribution is 0.299. The zero-order chi connectivity index (χ0) is 5.82. The molecule has 1 N–H and O–H groups in total. The minimum atomic E-state index is 0.142. The average Bonchev–Trinajstić information content (AvgIpc) is 2.19. The van der Waals surface area contributed by atoms with Crippen LogP contribution in [0.15, 0.2) is 0 Å². The third-order valence-electron chi connectivity index (χ3n) is 0.691. The third-order valence-corrected chi connectivity index (χ3v) is 1.39. The molecule has 0 saturated heterocycles. The lowest BCUT2D eigenvalue weighted by Gasteiger charge is -1.82. The Morgan fingerprint density at radius 2 is 2.62 bits per heavy atom.